The summed E-state index contributed by atoms with van der Waals surface area (Å²) in [6, 6.07) is 0. The van der Waals surface area contributed by atoms with Gasteiger partial charge in [0.1, 0.15) is 0 Å². The zero-order valence-electron chi connectivity index (χ0n) is 5.29. The molecule has 0 spiro atoms. The Balaban J connectivity index is 2.36. The lowest BCUT2D eigenvalue weighted by atomic mass is 10.3. The zero-order valence-corrected chi connectivity index (χ0v) is 6.10. The predicted molar refractivity (Wildman–Crippen MR) is 38.6 cm³/mol. The van der Waals surface area contributed by atoms with Crippen molar-refractivity contribution >= 4 is 10.8 Å². The van der Waals surface area contributed by atoms with E-state index in [4.69, 9.17) is 9.11 Å². The van der Waals surface area contributed by atoms with Crippen LogP contribution in [-0.4, -0.2) is 21.4 Å². The van der Waals surface area contributed by atoms with E-state index in [9.17, 15) is 0 Å². The molecule has 0 unspecified atom stereocenters. The molecule has 4 heteroatoms. The van der Waals surface area contributed by atoms with Crippen molar-refractivity contribution in [1.82, 2.24) is 4.72 Å². The highest BCUT2D eigenvalue weighted by molar-refractivity contribution is 8.22. The van der Waals surface area contributed by atoms with Crippen LogP contribution in [0.1, 0.15) is 19.3 Å². The molecule has 0 amide bonds. The summed E-state index contributed by atoms with van der Waals surface area (Å²) in [5, 5.41) is 0. The van der Waals surface area contributed by atoms with Crippen LogP contribution in [0.15, 0.2) is 0 Å². The SMILES string of the molecule is OS1(O)CCCCC[N]1. The van der Waals surface area contributed by atoms with Gasteiger partial charge in [0.15, 0.2) is 0 Å². The first-order valence-electron chi connectivity index (χ1n) is 3.15. The van der Waals surface area contributed by atoms with Gasteiger partial charge in [-0.3, -0.25) is 9.11 Å². The minimum absolute atomic E-state index is 0.479. The zero-order chi connectivity index (χ0) is 6.74. The molecule has 0 aliphatic carbocycles. The summed E-state index contributed by atoms with van der Waals surface area (Å²) in [4.78, 5) is 0. The van der Waals surface area contributed by atoms with Crippen molar-refractivity contribution < 1.29 is 9.11 Å². The fourth-order valence-electron chi connectivity index (χ4n) is 0.860. The van der Waals surface area contributed by atoms with Crippen molar-refractivity contribution in [3.63, 3.8) is 0 Å². The molecule has 0 atom stereocenters. The fraction of sp³-hybridized carbons (Fsp3) is 1.00. The highest BCUT2D eigenvalue weighted by Crippen LogP contribution is 2.37. The summed E-state index contributed by atoms with van der Waals surface area (Å²) >= 11 is 0. The van der Waals surface area contributed by atoms with Crippen LogP contribution in [0.25, 0.3) is 0 Å². The Morgan fingerprint density at radius 3 is 2.67 bits per heavy atom. The largest absolute Gasteiger partial charge is 0.284 e. The standard InChI is InChI=1S/C5H12NO2S/c7-9(8)5-3-1-2-4-6-9/h7-8H,1-5H2. The topological polar surface area (TPSA) is 54.6 Å². The maximum Gasteiger partial charge on any atom is 0.0544 e. The molecule has 1 rings (SSSR count). The maximum atomic E-state index is 9.03. The van der Waals surface area contributed by atoms with E-state index >= 15 is 0 Å². The van der Waals surface area contributed by atoms with Crippen LogP contribution in [0.3, 0.4) is 0 Å². The summed E-state index contributed by atoms with van der Waals surface area (Å²) in [5.41, 5.74) is 0. The second kappa shape index (κ2) is 2.88. The van der Waals surface area contributed by atoms with E-state index in [0.29, 0.717) is 12.3 Å². The fourth-order valence-corrected chi connectivity index (χ4v) is 2.00. The van der Waals surface area contributed by atoms with E-state index in [2.05, 4.69) is 4.72 Å². The van der Waals surface area contributed by atoms with E-state index in [1.807, 2.05) is 0 Å². The summed E-state index contributed by atoms with van der Waals surface area (Å²) in [7, 11) is -2.49. The van der Waals surface area contributed by atoms with Gasteiger partial charge in [-0.15, -0.1) is 15.5 Å². The van der Waals surface area contributed by atoms with Crippen molar-refractivity contribution in [2.75, 3.05) is 12.3 Å². The third-order valence-corrected chi connectivity index (χ3v) is 2.81. The molecule has 1 saturated heterocycles. The van der Waals surface area contributed by atoms with Crippen LogP contribution in [0.5, 0.6) is 0 Å². The molecule has 0 aromatic heterocycles. The van der Waals surface area contributed by atoms with Crippen LogP contribution in [0, 0.1) is 0 Å². The molecule has 1 heterocycles. The molecule has 9 heavy (non-hydrogen) atoms. The van der Waals surface area contributed by atoms with E-state index in [1.54, 1.807) is 0 Å². The second-order valence-electron chi connectivity index (χ2n) is 2.25. The third-order valence-electron chi connectivity index (χ3n) is 1.37. The van der Waals surface area contributed by atoms with E-state index in [1.165, 1.54) is 0 Å². The lowest BCUT2D eigenvalue weighted by molar-refractivity contribution is 0.472. The molecular formula is C5H12NO2S. The lowest BCUT2D eigenvalue weighted by Crippen LogP contribution is -2.13. The molecule has 0 aromatic rings. The molecule has 0 saturated carbocycles. The number of nitrogens with zero attached hydrogens (tertiary/aromatic N) is 1. The van der Waals surface area contributed by atoms with Crippen LogP contribution < -0.4 is 4.72 Å². The molecule has 55 valence electrons. The van der Waals surface area contributed by atoms with Gasteiger partial charge in [0.2, 0.25) is 0 Å². The minimum atomic E-state index is -2.49. The summed E-state index contributed by atoms with van der Waals surface area (Å²) in [5.74, 6) is 0.479. The quantitative estimate of drug-likeness (QED) is 0.549. The maximum absolute atomic E-state index is 9.03. The number of rotatable bonds is 0. The Kier molecular flexibility index (Phi) is 2.35. The van der Waals surface area contributed by atoms with Gasteiger partial charge in [-0.05, 0) is 12.8 Å². The van der Waals surface area contributed by atoms with Crippen LogP contribution in [-0.2, 0) is 0 Å². The second-order valence-corrected chi connectivity index (χ2v) is 4.18. The predicted octanol–water partition coefficient (Wildman–Crippen LogP) is 1.44. The summed E-state index contributed by atoms with van der Waals surface area (Å²) in [6.07, 6.45) is 3.00. The normalized spacial score (nSPS) is 30.9. The van der Waals surface area contributed by atoms with Crippen molar-refractivity contribution in [3.8, 4) is 0 Å². The molecule has 0 bridgehead atoms. The molecule has 1 fully saturated rings. The Morgan fingerprint density at radius 2 is 1.89 bits per heavy atom. The average molecular weight is 150 g/mol. The van der Waals surface area contributed by atoms with Gasteiger partial charge in [0, 0.05) is 6.54 Å². The highest BCUT2D eigenvalue weighted by Gasteiger charge is 2.14. The van der Waals surface area contributed by atoms with Gasteiger partial charge < -0.3 is 0 Å². The van der Waals surface area contributed by atoms with Crippen molar-refractivity contribution in [1.29, 1.82) is 0 Å². The van der Waals surface area contributed by atoms with Crippen molar-refractivity contribution in [2.45, 2.75) is 19.3 Å². The molecule has 3 nitrogen and oxygen atoms in total. The van der Waals surface area contributed by atoms with Gasteiger partial charge in [-0.2, -0.15) is 0 Å². The van der Waals surface area contributed by atoms with E-state index in [-0.39, 0.29) is 0 Å². The number of hydrogen-bond acceptors (Lipinski definition) is 2. The van der Waals surface area contributed by atoms with Gasteiger partial charge in [-0.1, -0.05) is 6.42 Å². The summed E-state index contributed by atoms with van der Waals surface area (Å²) < 4.78 is 21.8. The molecule has 0 aromatic carbocycles. The number of hydrogen-bond donors (Lipinski definition) is 2. The average Bonchev–Trinajstić information content (AvgIpc) is 1.92. The molecule has 1 aliphatic rings. The Morgan fingerprint density at radius 1 is 1.11 bits per heavy atom. The van der Waals surface area contributed by atoms with E-state index in [0.717, 1.165) is 19.3 Å². The highest BCUT2D eigenvalue weighted by atomic mass is 32.3. The first kappa shape index (κ1) is 7.34. The van der Waals surface area contributed by atoms with Crippen LogP contribution in [0.2, 0.25) is 0 Å². The minimum Gasteiger partial charge on any atom is -0.284 e. The van der Waals surface area contributed by atoms with Gasteiger partial charge in [0.25, 0.3) is 0 Å². The molecule has 1 radical (unpaired) electrons. The molecular weight excluding hydrogens is 138 g/mol. The Hall–Kier alpha value is 0.230. The van der Waals surface area contributed by atoms with Gasteiger partial charge in [-0.25, -0.2) is 0 Å². The molecule has 1 aliphatic heterocycles. The van der Waals surface area contributed by atoms with E-state index < -0.39 is 10.8 Å². The summed E-state index contributed by atoms with van der Waals surface area (Å²) in [6.45, 7) is 0.627. The van der Waals surface area contributed by atoms with Gasteiger partial charge >= 0.3 is 0 Å². The van der Waals surface area contributed by atoms with Crippen LogP contribution in [0.4, 0.5) is 0 Å². The smallest absolute Gasteiger partial charge is 0.0544 e. The third kappa shape index (κ3) is 2.53. The Bertz CT molecular complexity index is 87.0. The lowest BCUT2D eigenvalue weighted by Gasteiger charge is -2.28. The van der Waals surface area contributed by atoms with Crippen LogP contribution >= 0.6 is 10.8 Å². The monoisotopic (exact) mass is 150 g/mol. The Labute approximate surface area is 56.9 Å². The van der Waals surface area contributed by atoms with Crippen molar-refractivity contribution in [3.05, 3.63) is 0 Å². The first-order chi connectivity index (χ1) is 4.21. The van der Waals surface area contributed by atoms with Crippen molar-refractivity contribution in [2.24, 2.45) is 0 Å². The molecule has 2 N–H and O–H groups in total. The van der Waals surface area contributed by atoms with Gasteiger partial charge in [0.05, 0.1) is 5.75 Å². The first-order valence-corrected chi connectivity index (χ1v) is 4.83.